The first-order chi connectivity index (χ1) is 17.1. The Morgan fingerprint density at radius 2 is 1.17 bits per heavy atom. The SMILES string of the molecule is CC[C@H]([C@@H](C)COC(=O)c1ccc(Br)cc1)[Sn]([c]1ccccc1)([c]1ccccc1)[c]1ccccc1. The van der Waals surface area contributed by atoms with E-state index in [4.69, 9.17) is 4.74 Å². The summed E-state index contributed by atoms with van der Waals surface area (Å²) in [5, 5.41) is 0. The fourth-order valence-electron chi connectivity index (χ4n) is 5.37. The first-order valence-corrected chi connectivity index (χ1v) is 18.9. The molecule has 4 aromatic rings. The van der Waals surface area contributed by atoms with Crippen LogP contribution in [0.4, 0.5) is 0 Å². The van der Waals surface area contributed by atoms with Gasteiger partial charge in [-0.3, -0.25) is 0 Å². The molecule has 2 atom stereocenters. The second-order valence-electron chi connectivity index (χ2n) is 9.00. The van der Waals surface area contributed by atoms with E-state index in [-0.39, 0.29) is 11.9 Å². The number of halogens is 1. The van der Waals surface area contributed by atoms with Crippen molar-refractivity contribution >= 4 is 51.0 Å². The van der Waals surface area contributed by atoms with Crippen LogP contribution in [0.5, 0.6) is 0 Å². The first-order valence-electron chi connectivity index (χ1n) is 12.2. The van der Waals surface area contributed by atoms with Crippen LogP contribution in [-0.4, -0.2) is 31.0 Å². The quantitative estimate of drug-likeness (QED) is 0.162. The van der Waals surface area contributed by atoms with Crippen molar-refractivity contribution in [1.29, 1.82) is 0 Å². The molecule has 0 saturated carbocycles. The normalized spacial score (nSPS) is 13.1. The zero-order valence-corrected chi connectivity index (χ0v) is 24.7. The Balaban J connectivity index is 1.76. The van der Waals surface area contributed by atoms with E-state index >= 15 is 0 Å². The molecule has 2 nitrogen and oxygen atoms in total. The van der Waals surface area contributed by atoms with Crippen LogP contribution in [0.2, 0.25) is 3.93 Å². The van der Waals surface area contributed by atoms with E-state index in [9.17, 15) is 4.79 Å². The molecule has 0 heterocycles. The maximum atomic E-state index is 12.8. The van der Waals surface area contributed by atoms with Crippen LogP contribution in [0.3, 0.4) is 0 Å². The molecule has 0 amide bonds. The fraction of sp³-hybridized carbons (Fsp3) is 0.194. The predicted molar refractivity (Wildman–Crippen MR) is 152 cm³/mol. The van der Waals surface area contributed by atoms with E-state index in [1.54, 1.807) is 12.1 Å². The molecule has 0 aromatic heterocycles. The molecule has 0 spiro atoms. The zero-order chi connectivity index (χ0) is 24.7. The van der Waals surface area contributed by atoms with Crippen molar-refractivity contribution in [3.05, 3.63) is 125 Å². The molecule has 178 valence electrons. The van der Waals surface area contributed by atoms with Gasteiger partial charge in [-0.2, -0.15) is 0 Å². The van der Waals surface area contributed by atoms with Gasteiger partial charge in [0.2, 0.25) is 0 Å². The predicted octanol–water partition coefficient (Wildman–Crippen LogP) is 6.19. The maximum absolute atomic E-state index is 12.8. The molecule has 0 aliphatic heterocycles. The van der Waals surface area contributed by atoms with Gasteiger partial charge >= 0.3 is 223 Å². The minimum atomic E-state index is -3.54. The number of hydrogen-bond acceptors (Lipinski definition) is 2. The third-order valence-electron chi connectivity index (χ3n) is 6.93. The molecule has 4 aromatic carbocycles. The monoisotopic (exact) mass is 634 g/mol. The van der Waals surface area contributed by atoms with Gasteiger partial charge in [0.1, 0.15) is 0 Å². The van der Waals surface area contributed by atoms with Crippen molar-refractivity contribution in [1.82, 2.24) is 0 Å². The Morgan fingerprint density at radius 3 is 1.57 bits per heavy atom. The Morgan fingerprint density at radius 1 is 0.743 bits per heavy atom. The number of ether oxygens (including phenoxy) is 1. The Labute approximate surface area is 221 Å². The first kappa shape index (κ1) is 25.7. The summed E-state index contributed by atoms with van der Waals surface area (Å²) in [4.78, 5) is 12.8. The Hall–Kier alpha value is -2.37. The summed E-state index contributed by atoms with van der Waals surface area (Å²) in [6.45, 7) is 4.94. The summed E-state index contributed by atoms with van der Waals surface area (Å²) in [5.41, 5.74) is 0.581. The molecule has 0 N–H and O–H groups in total. The fourth-order valence-corrected chi connectivity index (χ4v) is 22.8. The van der Waals surface area contributed by atoms with Crippen molar-refractivity contribution in [2.75, 3.05) is 6.61 Å². The van der Waals surface area contributed by atoms with E-state index in [0.29, 0.717) is 16.1 Å². The van der Waals surface area contributed by atoms with Gasteiger partial charge in [-0.1, -0.05) is 0 Å². The molecule has 0 radical (unpaired) electrons. The Kier molecular flexibility index (Phi) is 8.85. The summed E-state index contributed by atoms with van der Waals surface area (Å²) >= 11 is -0.112. The number of rotatable bonds is 9. The summed E-state index contributed by atoms with van der Waals surface area (Å²) in [5.74, 6) is -0.0602. The van der Waals surface area contributed by atoms with Gasteiger partial charge in [0.25, 0.3) is 0 Å². The van der Waals surface area contributed by atoms with Crippen LogP contribution >= 0.6 is 15.9 Å². The molecule has 35 heavy (non-hydrogen) atoms. The molecule has 0 aliphatic rings. The molecule has 0 fully saturated rings. The molecule has 4 rings (SSSR count). The van der Waals surface area contributed by atoms with Crippen molar-refractivity contribution in [2.24, 2.45) is 5.92 Å². The third-order valence-corrected chi connectivity index (χ3v) is 24.1. The summed E-state index contributed by atoms with van der Waals surface area (Å²) in [6.07, 6.45) is 1.02. The molecule has 0 aliphatic carbocycles. The average Bonchev–Trinajstić information content (AvgIpc) is 2.92. The minimum absolute atomic E-state index is 0.204. The zero-order valence-electron chi connectivity index (χ0n) is 20.2. The van der Waals surface area contributed by atoms with Crippen molar-refractivity contribution in [3.63, 3.8) is 0 Å². The van der Waals surface area contributed by atoms with Gasteiger partial charge in [0.15, 0.2) is 0 Å². The second-order valence-corrected chi connectivity index (χ2v) is 21.6. The summed E-state index contributed by atoms with van der Waals surface area (Å²) in [6, 6.07) is 40.5. The van der Waals surface area contributed by atoms with Crippen LogP contribution < -0.4 is 10.7 Å². The topological polar surface area (TPSA) is 26.3 Å². The summed E-state index contributed by atoms with van der Waals surface area (Å²) in [7, 11) is 0. The van der Waals surface area contributed by atoms with Gasteiger partial charge in [0.05, 0.1) is 0 Å². The second kappa shape index (κ2) is 12.0. The van der Waals surface area contributed by atoms with Crippen molar-refractivity contribution in [2.45, 2.75) is 24.2 Å². The molecular formula is C31H31BrO2Sn. The number of hydrogen-bond donors (Lipinski definition) is 0. The van der Waals surface area contributed by atoms with E-state index in [0.717, 1.165) is 10.9 Å². The average molecular weight is 634 g/mol. The van der Waals surface area contributed by atoms with Crippen LogP contribution in [-0.2, 0) is 4.74 Å². The molecule has 0 unspecified atom stereocenters. The van der Waals surface area contributed by atoms with Crippen molar-refractivity contribution < 1.29 is 9.53 Å². The van der Waals surface area contributed by atoms with Crippen LogP contribution in [0.1, 0.15) is 30.6 Å². The van der Waals surface area contributed by atoms with Crippen LogP contribution in [0, 0.1) is 5.92 Å². The molecular weight excluding hydrogens is 603 g/mol. The van der Waals surface area contributed by atoms with E-state index in [2.05, 4.69) is 121 Å². The van der Waals surface area contributed by atoms with Crippen LogP contribution in [0.25, 0.3) is 0 Å². The third kappa shape index (κ3) is 5.57. The Bertz CT molecular complexity index is 1110. The van der Waals surface area contributed by atoms with Gasteiger partial charge in [-0.05, 0) is 0 Å². The number of carbonyl (C=O) groups is 1. The standard InChI is InChI=1S/C13H16BrO2.3C6H5.Sn/c1-3-4-10(2)9-16-13(15)11-5-7-12(14)8-6-11;3*1-2-4-6-5-3-1;/h4-8,10H,3,9H2,1-2H3;3*1-5H;/t10-;;;;/m1..../s1. The van der Waals surface area contributed by atoms with Gasteiger partial charge < -0.3 is 0 Å². The van der Waals surface area contributed by atoms with E-state index in [1.807, 2.05) is 12.1 Å². The van der Waals surface area contributed by atoms with Gasteiger partial charge in [-0.25, -0.2) is 0 Å². The molecule has 0 saturated heterocycles. The van der Waals surface area contributed by atoms with E-state index < -0.39 is 18.4 Å². The van der Waals surface area contributed by atoms with E-state index in [1.165, 1.54) is 10.7 Å². The van der Waals surface area contributed by atoms with Gasteiger partial charge in [0, 0.05) is 0 Å². The van der Waals surface area contributed by atoms with Gasteiger partial charge in [-0.15, -0.1) is 0 Å². The molecule has 4 heteroatoms. The molecule has 0 bridgehead atoms. The number of benzene rings is 4. The summed E-state index contributed by atoms with van der Waals surface area (Å²) < 4.78 is 11.6. The number of carbonyl (C=O) groups excluding carboxylic acids is 1. The van der Waals surface area contributed by atoms with Crippen molar-refractivity contribution in [3.8, 4) is 0 Å². The van der Waals surface area contributed by atoms with Crippen LogP contribution in [0.15, 0.2) is 120 Å². The number of esters is 1.